The van der Waals surface area contributed by atoms with E-state index in [9.17, 15) is 4.79 Å². The van der Waals surface area contributed by atoms with Crippen molar-refractivity contribution in [2.24, 2.45) is 0 Å². The van der Waals surface area contributed by atoms with Gasteiger partial charge in [-0.3, -0.25) is 4.40 Å². The van der Waals surface area contributed by atoms with Crippen molar-refractivity contribution in [3.05, 3.63) is 29.7 Å². The maximum absolute atomic E-state index is 10.5. The average Bonchev–Trinajstić information content (AvgIpc) is 2.96. The fourth-order valence-electron chi connectivity index (χ4n) is 2.64. The number of carbonyl (C=O) groups excluding carboxylic acids is 1. The van der Waals surface area contributed by atoms with Crippen LogP contribution in [0.25, 0.3) is 5.65 Å². The van der Waals surface area contributed by atoms with Crippen molar-refractivity contribution in [3.8, 4) is 0 Å². The van der Waals surface area contributed by atoms with Gasteiger partial charge in [-0.15, -0.1) is 10.2 Å². The Balaban J connectivity index is 2.01. The molecule has 2 aromatic rings. The molecule has 2 aromatic heterocycles. The first-order chi connectivity index (χ1) is 8.38. The Morgan fingerprint density at radius 1 is 1.35 bits per heavy atom. The molecule has 1 aliphatic carbocycles. The van der Waals surface area contributed by atoms with Crippen LogP contribution in [0.5, 0.6) is 0 Å². The number of nitrogens with zero attached hydrogens (tertiary/aromatic N) is 3. The molecule has 0 bridgehead atoms. The zero-order valence-corrected chi connectivity index (χ0v) is 9.67. The lowest BCUT2D eigenvalue weighted by atomic mass is 10.1. The van der Waals surface area contributed by atoms with Gasteiger partial charge in [0.1, 0.15) is 12.1 Å². The van der Waals surface area contributed by atoms with E-state index in [0.29, 0.717) is 12.3 Å². The van der Waals surface area contributed by atoms with Crippen molar-refractivity contribution in [3.63, 3.8) is 0 Å². The normalized spacial score (nSPS) is 16.7. The minimum absolute atomic E-state index is 0.447. The molecule has 0 aliphatic heterocycles. The van der Waals surface area contributed by atoms with Crippen LogP contribution in [-0.4, -0.2) is 20.9 Å². The average molecular weight is 229 g/mol. The van der Waals surface area contributed by atoms with Gasteiger partial charge >= 0.3 is 0 Å². The van der Waals surface area contributed by atoms with Crippen LogP contribution in [0.3, 0.4) is 0 Å². The van der Waals surface area contributed by atoms with E-state index in [1.165, 1.54) is 25.7 Å². The van der Waals surface area contributed by atoms with Crippen LogP contribution >= 0.6 is 0 Å². The van der Waals surface area contributed by atoms with Gasteiger partial charge in [-0.2, -0.15) is 0 Å². The molecular formula is C13H15N3O. The number of aldehydes is 1. The number of rotatable bonds is 3. The third-order valence-electron chi connectivity index (χ3n) is 3.54. The third kappa shape index (κ3) is 1.84. The summed E-state index contributed by atoms with van der Waals surface area (Å²) in [5.41, 5.74) is 1.85. The molecule has 17 heavy (non-hydrogen) atoms. The first-order valence-corrected chi connectivity index (χ1v) is 6.15. The lowest BCUT2D eigenvalue weighted by Gasteiger charge is -2.06. The van der Waals surface area contributed by atoms with Gasteiger partial charge in [0.2, 0.25) is 0 Å². The summed E-state index contributed by atoms with van der Waals surface area (Å²) in [7, 11) is 0. The van der Waals surface area contributed by atoms with Crippen molar-refractivity contribution in [2.45, 2.75) is 38.0 Å². The number of aromatic nitrogens is 3. The predicted octanol–water partition coefficient (Wildman–Crippen LogP) is 2.13. The van der Waals surface area contributed by atoms with Gasteiger partial charge in [0.25, 0.3) is 0 Å². The van der Waals surface area contributed by atoms with Gasteiger partial charge in [-0.25, -0.2) is 0 Å². The highest BCUT2D eigenvalue weighted by Gasteiger charge is 2.21. The maximum atomic E-state index is 10.5. The van der Waals surface area contributed by atoms with E-state index in [2.05, 4.69) is 14.6 Å². The summed E-state index contributed by atoms with van der Waals surface area (Å²) in [5, 5.41) is 8.51. The minimum Gasteiger partial charge on any atom is -0.303 e. The zero-order chi connectivity index (χ0) is 11.7. The molecule has 0 atom stereocenters. The Kier molecular flexibility index (Phi) is 2.63. The molecule has 3 rings (SSSR count). The van der Waals surface area contributed by atoms with Crippen molar-refractivity contribution in [2.75, 3.05) is 0 Å². The molecule has 0 unspecified atom stereocenters. The summed E-state index contributed by atoms with van der Waals surface area (Å²) in [6.45, 7) is 0. The number of carbonyl (C=O) groups is 1. The van der Waals surface area contributed by atoms with Crippen molar-refractivity contribution in [1.29, 1.82) is 0 Å². The highest BCUT2D eigenvalue weighted by molar-refractivity contribution is 5.56. The number of hydrogen-bond donors (Lipinski definition) is 0. The molecule has 88 valence electrons. The van der Waals surface area contributed by atoms with E-state index in [-0.39, 0.29) is 0 Å². The monoisotopic (exact) mass is 229 g/mol. The SMILES string of the molecule is O=CCc1ccn2c(C3CCCC3)nnc2c1. The Labute approximate surface area is 99.7 Å². The van der Waals surface area contributed by atoms with Gasteiger partial charge < -0.3 is 4.79 Å². The number of hydrogen-bond acceptors (Lipinski definition) is 3. The summed E-state index contributed by atoms with van der Waals surface area (Å²) in [4.78, 5) is 10.5. The van der Waals surface area contributed by atoms with Crippen LogP contribution in [0.2, 0.25) is 0 Å². The molecule has 0 saturated heterocycles. The molecule has 4 heteroatoms. The highest BCUT2D eigenvalue weighted by atomic mass is 16.1. The molecule has 0 spiro atoms. The van der Waals surface area contributed by atoms with Crippen LogP contribution in [0.4, 0.5) is 0 Å². The predicted molar refractivity (Wildman–Crippen MR) is 64.0 cm³/mol. The summed E-state index contributed by atoms with van der Waals surface area (Å²) >= 11 is 0. The standard InChI is InChI=1S/C13H15N3O/c17-8-6-10-5-7-16-12(9-10)14-15-13(16)11-3-1-2-4-11/h5,7-9,11H,1-4,6H2. The zero-order valence-electron chi connectivity index (χ0n) is 9.67. The summed E-state index contributed by atoms with van der Waals surface area (Å²) in [6.07, 6.45) is 8.38. The molecule has 0 aromatic carbocycles. The van der Waals surface area contributed by atoms with E-state index in [0.717, 1.165) is 23.3 Å². The summed E-state index contributed by atoms with van der Waals surface area (Å²) < 4.78 is 2.06. The lowest BCUT2D eigenvalue weighted by molar-refractivity contribution is -0.107. The molecular weight excluding hydrogens is 214 g/mol. The topological polar surface area (TPSA) is 47.3 Å². The summed E-state index contributed by atoms with van der Waals surface area (Å²) in [6, 6.07) is 3.92. The molecule has 2 heterocycles. The highest BCUT2D eigenvalue weighted by Crippen LogP contribution is 2.33. The molecule has 1 saturated carbocycles. The Bertz CT molecular complexity index is 541. The van der Waals surface area contributed by atoms with Gasteiger partial charge in [-0.05, 0) is 30.5 Å². The fourth-order valence-corrected chi connectivity index (χ4v) is 2.64. The van der Waals surface area contributed by atoms with Gasteiger partial charge in [0.15, 0.2) is 5.65 Å². The smallest absolute Gasteiger partial charge is 0.161 e. The van der Waals surface area contributed by atoms with Gasteiger partial charge in [-0.1, -0.05) is 12.8 Å². The molecule has 0 radical (unpaired) electrons. The fraction of sp³-hybridized carbons (Fsp3) is 0.462. The second-order valence-corrected chi connectivity index (χ2v) is 4.67. The second kappa shape index (κ2) is 4.28. The quantitative estimate of drug-likeness (QED) is 0.757. The van der Waals surface area contributed by atoms with Crippen molar-refractivity contribution >= 4 is 11.9 Å². The largest absolute Gasteiger partial charge is 0.303 e. The van der Waals surface area contributed by atoms with E-state index in [1.54, 1.807) is 0 Å². The van der Waals surface area contributed by atoms with E-state index >= 15 is 0 Å². The van der Waals surface area contributed by atoms with Gasteiger partial charge in [0.05, 0.1) is 0 Å². The van der Waals surface area contributed by atoms with E-state index in [1.807, 2.05) is 18.3 Å². The third-order valence-corrected chi connectivity index (χ3v) is 3.54. The Morgan fingerprint density at radius 3 is 2.94 bits per heavy atom. The van der Waals surface area contributed by atoms with Crippen molar-refractivity contribution < 1.29 is 4.79 Å². The van der Waals surface area contributed by atoms with Crippen LogP contribution in [-0.2, 0) is 11.2 Å². The molecule has 1 aliphatic rings. The number of pyridine rings is 1. The van der Waals surface area contributed by atoms with Crippen LogP contribution in [0.15, 0.2) is 18.3 Å². The second-order valence-electron chi connectivity index (χ2n) is 4.67. The van der Waals surface area contributed by atoms with Crippen LogP contribution < -0.4 is 0 Å². The maximum Gasteiger partial charge on any atom is 0.161 e. The molecule has 4 nitrogen and oxygen atoms in total. The molecule has 0 N–H and O–H groups in total. The van der Waals surface area contributed by atoms with E-state index < -0.39 is 0 Å². The Morgan fingerprint density at radius 2 is 2.18 bits per heavy atom. The number of fused-ring (bicyclic) bond motifs is 1. The molecule has 0 amide bonds. The summed E-state index contributed by atoms with van der Waals surface area (Å²) in [5.74, 6) is 1.64. The molecule has 1 fully saturated rings. The van der Waals surface area contributed by atoms with Crippen LogP contribution in [0, 0.1) is 0 Å². The van der Waals surface area contributed by atoms with E-state index in [4.69, 9.17) is 0 Å². The lowest BCUT2D eigenvalue weighted by Crippen LogP contribution is -2.00. The first kappa shape index (κ1) is 10.4. The van der Waals surface area contributed by atoms with Crippen LogP contribution in [0.1, 0.15) is 43.0 Å². The van der Waals surface area contributed by atoms with Crippen molar-refractivity contribution in [1.82, 2.24) is 14.6 Å². The minimum atomic E-state index is 0.447. The Hall–Kier alpha value is -1.71. The van der Waals surface area contributed by atoms with Gasteiger partial charge in [0, 0.05) is 18.5 Å². The first-order valence-electron chi connectivity index (χ1n) is 6.15.